The van der Waals surface area contributed by atoms with E-state index >= 15 is 0 Å². The Morgan fingerprint density at radius 3 is 2.29 bits per heavy atom. The van der Waals surface area contributed by atoms with Gasteiger partial charge in [-0.25, -0.2) is 0 Å². The molecule has 0 bridgehead atoms. The van der Waals surface area contributed by atoms with Crippen molar-refractivity contribution in [1.29, 1.82) is 0 Å². The first-order valence-corrected chi connectivity index (χ1v) is 9.19. The summed E-state index contributed by atoms with van der Waals surface area (Å²) in [4.78, 5) is 12.9. The molecule has 142 valence electrons. The van der Waals surface area contributed by atoms with Crippen LogP contribution in [0.2, 0.25) is 0 Å². The zero-order valence-corrected chi connectivity index (χ0v) is 16.4. The van der Waals surface area contributed by atoms with Gasteiger partial charge in [0, 0.05) is 5.56 Å². The summed E-state index contributed by atoms with van der Waals surface area (Å²) in [6, 6.07) is 24.9. The van der Waals surface area contributed by atoms with Crippen LogP contribution in [0, 0.1) is 0 Å². The molecule has 0 amide bonds. The van der Waals surface area contributed by atoms with Crippen LogP contribution in [0.4, 0.5) is 0 Å². The highest BCUT2D eigenvalue weighted by Gasteiger charge is 2.30. The summed E-state index contributed by atoms with van der Waals surface area (Å²) in [6.45, 7) is 3.82. The fourth-order valence-corrected chi connectivity index (χ4v) is 2.98. The highest BCUT2D eigenvalue weighted by molar-refractivity contribution is 6.01. The number of hydrogen-bond donors (Lipinski definition) is 0. The Morgan fingerprint density at radius 1 is 0.857 bits per heavy atom. The zero-order valence-electron chi connectivity index (χ0n) is 16.4. The van der Waals surface area contributed by atoms with Crippen LogP contribution in [0.25, 0.3) is 6.08 Å². The molecular formula is C25H24O3. The first-order valence-electron chi connectivity index (χ1n) is 9.19. The third kappa shape index (κ3) is 4.49. The molecule has 0 aliphatic carbocycles. The zero-order chi connectivity index (χ0) is 20.0. The molecule has 0 atom stereocenters. The van der Waals surface area contributed by atoms with Crippen LogP contribution in [-0.2, 0) is 10.2 Å². The minimum Gasteiger partial charge on any atom is -0.496 e. The van der Waals surface area contributed by atoms with E-state index in [0.29, 0.717) is 5.75 Å². The van der Waals surface area contributed by atoms with Crippen molar-refractivity contribution in [3.05, 3.63) is 96.1 Å². The van der Waals surface area contributed by atoms with Gasteiger partial charge in [-0.3, -0.25) is 4.79 Å². The molecule has 0 heterocycles. The van der Waals surface area contributed by atoms with Crippen molar-refractivity contribution < 1.29 is 14.3 Å². The van der Waals surface area contributed by atoms with Crippen LogP contribution in [0.15, 0.2) is 84.9 Å². The van der Waals surface area contributed by atoms with Gasteiger partial charge in [0.05, 0.1) is 12.5 Å². The highest BCUT2D eigenvalue weighted by atomic mass is 16.5. The highest BCUT2D eigenvalue weighted by Crippen LogP contribution is 2.32. The molecule has 0 saturated heterocycles. The Balaban J connectivity index is 1.77. The standard InChI is InChI=1S/C25H24O3/c1-25(2,22-14-7-8-15-23(22)27-3)24(26)17-16-19-10-9-13-21(18-19)28-20-11-5-4-6-12-20/h4-18H,1-3H3. The van der Waals surface area contributed by atoms with Crippen LogP contribution in [-0.4, -0.2) is 12.9 Å². The Morgan fingerprint density at radius 2 is 1.54 bits per heavy atom. The van der Waals surface area contributed by atoms with Crippen molar-refractivity contribution in [3.8, 4) is 17.2 Å². The molecule has 3 rings (SSSR count). The van der Waals surface area contributed by atoms with Gasteiger partial charge in [-0.05, 0) is 55.8 Å². The second kappa shape index (κ2) is 8.57. The average molecular weight is 372 g/mol. The van der Waals surface area contributed by atoms with Crippen LogP contribution < -0.4 is 9.47 Å². The van der Waals surface area contributed by atoms with Crippen molar-refractivity contribution in [2.24, 2.45) is 0 Å². The molecule has 0 aromatic heterocycles. The quantitative estimate of drug-likeness (QED) is 0.474. The molecule has 28 heavy (non-hydrogen) atoms. The predicted octanol–water partition coefficient (Wildman–Crippen LogP) is 6.05. The summed E-state index contributed by atoms with van der Waals surface area (Å²) < 4.78 is 11.3. The molecule has 3 heteroatoms. The molecule has 3 nitrogen and oxygen atoms in total. The van der Waals surface area contributed by atoms with Gasteiger partial charge in [0.25, 0.3) is 0 Å². The minimum absolute atomic E-state index is 0.00591. The molecule has 0 unspecified atom stereocenters. The molecule has 0 aliphatic rings. The van der Waals surface area contributed by atoms with Gasteiger partial charge < -0.3 is 9.47 Å². The maximum absolute atomic E-state index is 12.9. The number of methoxy groups -OCH3 is 1. The number of rotatable bonds is 7. The topological polar surface area (TPSA) is 35.5 Å². The normalized spacial score (nSPS) is 11.4. The summed E-state index contributed by atoms with van der Waals surface area (Å²) in [7, 11) is 1.62. The van der Waals surface area contributed by atoms with E-state index in [1.165, 1.54) is 0 Å². The number of ketones is 1. The Hall–Kier alpha value is -3.33. The summed E-state index contributed by atoms with van der Waals surface area (Å²) in [5, 5.41) is 0. The lowest BCUT2D eigenvalue weighted by Crippen LogP contribution is -2.27. The molecule has 0 N–H and O–H groups in total. The summed E-state index contributed by atoms with van der Waals surface area (Å²) in [5.41, 5.74) is 1.08. The second-order valence-corrected chi connectivity index (χ2v) is 7.01. The van der Waals surface area contributed by atoms with Crippen LogP contribution in [0.5, 0.6) is 17.2 Å². The van der Waals surface area contributed by atoms with Crippen molar-refractivity contribution in [3.63, 3.8) is 0 Å². The molecule has 0 aliphatic heterocycles. The summed E-state index contributed by atoms with van der Waals surface area (Å²) in [5.74, 6) is 2.22. The predicted molar refractivity (Wildman–Crippen MR) is 113 cm³/mol. The van der Waals surface area contributed by atoms with Gasteiger partial charge in [-0.2, -0.15) is 0 Å². The maximum Gasteiger partial charge on any atom is 0.165 e. The van der Waals surface area contributed by atoms with Crippen LogP contribution >= 0.6 is 0 Å². The number of carbonyl (C=O) groups is 1. The van der Waals surface area contributed by atoms with Crippen molar-refractivity contribution >= 4 is 11.9 Å². The smallest absolute Gasteiger partial charge is 0.165 e. The van der Waals surface area contributed by atoms with Crippen LogP contribution in [0.3, 0.4) is 0 Å². The molecule has 0 saturated carbocycles. The Bertz CT molecular complexity index is 972. The molecule has 0 fully saturated rings. The van der Waals surface area contributed by atoms with Crippen LogP contribution in [0.1, 0.15) is 25.0 Å². The van der Waals surface area contributed by atoms with Gasteiger partial charge in [0.1, 0.15) is 17.2 Å². The lowest BCUT2D eigenvalue weighted by Gasteiger charge is -2.24. The molecule has 0 radical (unpaired) electrons. The first-order chi connectivity index (χ1) is 13.5. The lowest BCUT2D eigenvalue weighted by atomic mass is 9.79. The van der Waals surface area contributed by atoms with Crippen molar-refractivity contribution in [2.45, 2.75) is 19.3 Å². The average Bonchev–Trinajstić information content (AvgIpc) is 2.73. The number of carbonyl (C=O) groups excluding carboxylic acids is 1. The van der Waals surface area contributed by atoms with E-state index in [1.54, 1.807) is 13.2 Å². The SMILES string of the molecule is COc1ccccc1C(C)(C)C(=O)C=Cc1cccc(Oc2ccccc2)c1. The van der Waals surface area contributed by atoms with Gasteiger partial charge in [0.15, 0.2) is 5.78 Å². The van der Waals surface area contributed by atoms with Gasteiger partial charge in [0.2, 0.25) is 0 Å². The fraction of sp³-hybridized carbons (Fsp3) is 0.160. The van der Waals surface area contributed by atoms with E-state index in [9.17, 15) is 4.79 Å². The number of allylic oxidation sites excluding steroid dienone is 1. The van der Waals surface area contributed by atoms with Gasteiger partial charge >= 0.3 is 0 Å². The number of benzene rings is 3. The first kappa shape index (κ1) is 19.4. The van der Waals surface area contributed by atoms with Gasteiger partial charge in [-0.15, -0.1) is 0 Å². The van der Waals surface area contributed by atoms with Gasteiger partial charge in [-0.1, -0.05) is 54.6 Å². The summed E-state index contributed by atoms with van der Waals surface area (Å²) in [6.07, 6.45) is 3.44. The minimum atomic E-state index is -0.693. The maximum atomic E-state index is 12.9. The Kier molecular flexibility index (Phi) is 5.95. The van der Waals surface area contributed by atoms with Crippen molar-refractivity contribution in [2.75, 3.05) is 7.11 Å². The summed E-state index contributed by atoms with van der Waals surface area (Å²) >= 11 is 0. The molecule has 0 spiro atoms. The number of ether oxygens (including phenoxy) is 2. The lowest BCUT2D eigenvalue weighted by molar-refractivity contribution is -0.118. The second-order valence-electron chi connectivity index (χ2n) is 7.01. The largest absolute Gasteiger partial charge is 0.496 e. The van der Waals surface area contributed by atoms with E-state index < -0.39 is 5.41 Å². The van der Waals surface area contributed by atoms with E-state index in [1.807, 2.05) is 98.8 Å². The monoisotopic (exact) mass is 372 g/mol. The number of para-hydroxylation sites is 2. The third-order valence-corrected chi connectivity index (χ3v) is 4.66. The Labute approximate surface area is 166 Å². The van der Waals surface area contributed by atoms with E-state index in [2.05, 4.69) is 0 Å². The third-order valence-electron chi connectivity index (χ3n) is 4.66. The molecular weight excluding hydrogens is 348 g/mol. The van der Waals surface area contributed by atoms with E-state index in [0.717, 1.165) is 22.6 Å². The van der Waals surface area contributed by atoms with E-state index in [4.69, 9.17) is 9.47 Å². The molecule has 3 aromatic carbocycles. The number of hydrogen-bond acceptors (Lipinski definition) is 3. The fourth-order valence-electron chi connectivity index (χ4n) is 2.98. The molecule has 3 aromatic rings. The van der Waals surface area contributed by atoms with Crippen molar-refractivity contribution in [1.82, 2.24) is 0 Å². The van der Waals surface area contributed by atoms with E-state index in [-0.39, 0.29) is 5.78 Å².